The molecule has 5 heteroatoms. The third kappa shape index (κ3) is 3.20. The first-order chi connectivity index (χ1) is 10.2. The van der Waals surface area contributed by atoms with Crippen LogP contribution in [0.3, 0.4) is 0 Å². The lowest BCUT2D eigenvalue weighted by atomic mass is 10.0. The van der Waals surface area contributed by atoms with E-state index < -0.39 is 0 Å². The summed E-state index contributed by atoms with van der Waals surface area (Å²) < 4.78 is 0. The highest BCUT2D eigenvalue weighted by Gasteiger charge is 2.18. The van der Waals surface area contributed by atoms with Crippen molar-refractivity contribution >= 4 is 23.2 Å². The third-order valence-electron chi connectivity index (χ3n) is 3.63. The number of aromatic nitrogens is 2. The van der Waals surface area contributed by atoms with Crippen molar-refractivity contribution in [2.24, 2.45) is 0 Å². The number of halogens is 2. The van der Waals surface area contributed by atoms with E-state index in [4.69, 9.17) is 33.2 Å². The molecule has 1 aromatic carbocycles. The van der Waals surface area contributed by atoms with Crippen molar-refractivity contribution in [1.29, 1.82) is 0 Å². The largest absolute Gasteiger partial charge is 0.312 e. The molecule has 1 N–H and O–H groups in total. The summed E-state index contributed by atoms with van der Waals surface area (Å²) in [7, 11) is 0. The Kier molecular flexibility index (Phi) is 4.43. The van der Waals surface area contributed by atoms with E-state index in [1.54, 1.807) is 6.07 Å². The molecule has 0 bridgehead atoms. The summed E-state index contributed by atoms with van der Waals surface area (Å²) in [6.45, 7) is 3.99. The Balaban J connectivity index is 2.12. The van der Waals surface area contributed by atoms with Crippen LogP contribution in [0.5, 0.6) is 0 Å². The summed E-state index contributed by atoms with van der Waals surface area (Å²) in [5.41, 5.74) is 4.44. The van der Waals surface area contributed by atoms with Gasteiger partial charge in [-0.05, 0) is 24.6 Å². The maximum atomic E-state index is 6.09. The first-order valence-corrected chi connectivity index (χ1v) is 7.99. The van der Waals surface area contributed by atoms with Crippen LogP contribution in [-0.2, 0) is 19.4 Å². The van der Waals surface area contributed by atoms with E-state index in [2.05, 4.69) is 12.2 Å². The lowest BCUT2D eigenvalue weighted by Crippen LogP contribution is -2.26. The summed E-state index contributed by atoms with van der Waals surface area (Å²) in [6.07, 6.45) is 2.98. The molecule has 3 nitrogen and oxygen atoms in total. The summed E-state index contributed by atoms with van der Waals surface area (Å²) >= 11 is 12.2. The van der Waals surface area contributed by atoms with Gasteiger partial charge in [0.05, 0.1) is 5.69 Å². The SMILES string of the molecule is CCCc1nc(-c2cc(Cl)cc(Cl)c2)nc2c1CNCC2. The minimum absolute atomic E-state index is 0.609. The number of aryl methyl sites for hydroxylation is 1. The minimum atomic E-state index is 0.609. The molecular weight excluding hydrogens is 305 g/mol. The van der Waals surface area contributed by atoms with Gasteiger partial charge in [-0.2, -0.15) is 0 Å². The zero-order chi connectivity index (χ0) is 14.8. The molecule has 0 atom stereocenters. The standard InChI is InChI=1S/C16H17Cl2N3/c1-2-3-14-13-9-19-5-4-15(13)21-16(20-14)10-6-11(17)8-12(18)7-10/h6-8,19H,2-5,9H2,1H3. The van der Waals surface area contributed by atoms with Crippen LogP contribution in [0.15, 0.2) is 18.2 Å². The van der Waals surface area contributed by atoms with Gasteiger partial charge in [0.1, 0.15) is 0 Å². The Hall–Kier alpha value is -1.16. The van der Waals surface area contributed by atoms with Crippen molar-refractivity contribution < 1.29 is 0 Å². The highest BCUT2D eigenvalue weighted by atomic mass is 35.5. The topological polar surface area (TPSA) is 37.8 Å². The van der Waals surface area contributed by atoms with Crippen LogP contribution in [0.1, 0.15) is 30.3 Å². The summed E-state index contributed by atoms with van der Waals surface area (Å²) in [5.74, 6) is 0.725. The molecule has 0 amide bonds. The normalized spacial score (nSPS) is 14.0. The molecule has 0 spiro atoms. The number of rotatable bonds is 3. The van der Waals surface area contributed by atoms with Crippen LogP contribution in [0.25, 0.3) is 11.4 Å². The van der Waals surface area contributed by atoms with Gasteiger partial charge >= 0.3 is 0 Å². The lowest BCUT2D eigenvalue weighted by molar-refractivity contribution is 0.615. The van der Waals surface area contributed by atoms with Crippen LogP contribution >= 0.6 is 23.2 Å². The Morgan fingerprint density at radius 1 is 1.14 bits per heavy atom. The van der Waals surface area contributed by atoms with Crippen LogP contribution in [0.2, 0.25) is 10.0 Å². The fourth-order valence-corrected chi connectivity index (χ4v) is 3.19. The van der Waals surface area contributed by atoms with Gasteiger partial charge in [0.2, 0.25) is 0 Å². The highest BCUT2D eigenvalue weighted by Crippen LogP contribution is 2.27. The lowest BCUT2D eigenvalue weighted by Gasteiger charge is -2.20. The van der Waals surface area contributed by atoms with E-state index in [1.807, 2.05) is 12.1 Å². The van der Waals surface area contributed by atoms with Crippen LogP contribution in [0, 0.1) is 0 Å². The van der Waals surface area contributed by atoms with Crippen molar-refractivity contribution in [2.45, 2.75) is 32.7 Å². The molecule has 0 aliphatic carbocycles. The van der Waals surface area contributed by atoms with E-state index in [1.165, 1.54) is 5.56 Å². The van der Waals surface area contributed by atoms with E-state index in [9.17, 15) is 0 Å². The predicted molar refractivity (Wildman–Crippen MR) is 86.9 cm³/mol. The molecule has 1 aliphatic rings. The van der Waals surface area contributed by atoms with Gasteiger partial charge in [-0.1, -0.05) is 36.5 Å². The van der Waals surface area contributed by atoms with Gasteiger partial charge in [0.15, 0.2) is 5.82 Å². The van der Waals surface area contributed by atoms with Gasteiger partial charge in [0.25, 0.3) is 0 Å². The van der Waals surface area contributed by atoms with E-state index in [0.29, 0.717) is 10.0 Å². The number of fused-ring (bicyclic) bond motifs is 1. The molecule has 0 radical (unpaired) electrons. The average molecular weight is 322 g/mol. The predicted octanol–water partition coefficient (Wildman–Crippen LogP) is 4.05. The van der Waals surface area contributed by atoms with Gasteiger partial charge in [-0.3, -0.25) is 0 Å². The second kappa shape index (κ2) is 6.30. The van der Waals surface area contributed by atoms with Gasteiger partial charge in [0, 0.05) is 46.4 Å². The molecule has 0 unspecified atom stereocenters. The molecule has 1 aromatic heterocycles. The highest BCUT2D eigenvalue weighted by molar-refractivity contribution is 6.35. The quantitative estimate of drug-likeness (QED) is 0.926. The molecule has 0 fully saturated rings. The Morgan fingerprint density at radius 3 is 2.62 bits per heavy atom. The van der Waals surface area contributed by atoms with Gasteiger partial charge < -0.3 is 5.32 Å². The van der Waals surface area contributed by atoms with Crippen LogP contribution in [-0.4, -0.2) is 16.5 Å². The third-order valence-corrected chi connectivity index (χ3v) is 4.06. The molecule has 3 rings (SSSR count). The Labute approximate surface area is 134 Å². The molecule has 21 heavy (non-hydrogen) atoms. The zero-order valence-electron chi connectivity index (χ0n) is 11.9. The molecular formula is C16H17Cl2N3. The summed E-state index contributed by atoms with van der Waals surface area (Å²) in [4.78, 5) is 9.50. The van der Waals surface area contributed by atoms with Crippen molar-refractivity contribution in [3.8, 4) is 11.4 Å². The van der Waals surface area contributed by atoms with Crippen LogP contribution < -0.4 is 5.32 Å². The first-order valence-electron chi connectivity index (χ1n) is 7.23. The Morgan fingerprint density at radius 2 is 1.90 bits per heavy atom. The summed E-state index contributed by atoms with van der Waals surface area (Å²) in [5, 5.41) is 4.61. The monoisotopic (exact) mass is 321 g/mol. The van der Waals surface area contributed by atoms with E-state index in [0.717, 1.165) is 55.1 Å². The molecule has 110 valence electrons. The van der Waals surface area contributed by atoms with Crippen molar-refractivity contribution in [3.63, 3.8) is 0 Å². The van der Waals surface area contributed by atoms with Gasteiger partial charge in [-0.25, -0.2) is 9.97 Å². The second-order valence-electron chi connectivity index (χ2n) is 5.25. The number of nitrogens with zero attached hydrogens (tertiary/aromatic N) is 2. The summed E-state index contributed by atoms with van der Waals surface area (Å²) in [6, 6.07) is 5.46. The molecule has 1 aliphatic heterocycles. The maximum absolute atomic E-state index is 6.09. The second-order valence-corrected chi connectivity index (χ2v) is 6.13. The fourth-order valence-electron chi connectivity index (χ4n) is 2.67. The zero-order valence-corrected chi connectivity index (χ0v) is 13.4. The number of hydrogen-bond donors (Lipinski definition) is 1. The van der Waals surface area contributed by atoms with Crippen molar-refractivity contribution in [3.05, 3.63) is 45.2 Å². The van der Waals surface area contributed by atoms with Crippen LogP contribution in [0.4, 0.5) is 0 Å². The van der Waals surface area contributed by atoms with E-state index in [-0.39, 0.29) is 0 Å². The maximum Gasteiger partial charge on any atom is 0.159 e. The molecule has 0 saturated heterocycles. The number of benzene rings is 1. The molecule has 2 heterocycles. The Bertz CT molecular complexity index is 651. The minimum Gasteiger partial charge on any atom is -0.312 e. The number of nitrogens with one attached hydrogen (secondary N) is 1. The van der Waals surface area contributed by atoms with Gasteiger partial charge in [-0.15, -0.1) is 0 Å². The van der Waals surface area contributed by atoms with Crippen molar-refractivity contribution in [1.82, 2.24) is 15.3 Å². The molecule has 0 saturated carbocycles. The average Bonchev–Trinajstić information content (AvgIpc) is 2.46. The molecule has 2 aromatic rings. The smallest absolute Gasteiger partial charge is 0.159 e. The fraction of sp³-hybridized carbons (Fsp3) is 0.375. The first kappa shape index (κ1) is 14.8. The van der Waals surface area contributed by atoms with Crippen molar-refractivity contribution in [2.75, 3.05) is 6.54 Å². The van der Waals surface area contributed by atoms with E-state index >= 15 is 0 Å². The number of hydrogen-bond acceptors (Lipinski definition) is 3.